The molecule has 0 amide bonds. The van der Waals surface area contributed by atoms with Crippen molar-refractivity contribution in [1.82, 2.24) is 5.32 Å². The molecule has 0 aliphatic heterocycles. The molecular weight excluding hydrogens is 250 g/mol. The van der Waals surface area contributed by atoms with E-state index in [9.17, 15) is 0 Å². The Balaban J connectivity index is 2.90. The molecule has 1 aromatic carbocycles. The van der Waals surface area contributed by atoms with Crippen molar-refractivity contribution in [3.63, 3.8) is 0 Å². The third-order valence-corrected chi connectivity index (χ3v) is 3.44. The molecule has 1 rings (SSSR count). The number of nitrogens with one attached hydrogen (secondary N) is 1. The summed E-state index contributed by atoms with van der Waals surface area (Å²) >= 11 is 0. The number of hydrogen-bond acceptors (Lipinski definition) is 3. The highest BCUT2D eigenvalue weighted by Crippen LogP contribution is 2.33. The topological polar surface area (TPSA) is 30.5 Å². The number of rotatable bonds is 7. The van der Waals surface area contributed by atoms with Crippen LogP contribution >= 0.6 is 0 Å². The Kier molecular flexibility index (Phi) is 6.34. The van der Waals surface area contributed by atoms with E-state index < -0.39 is 0 Å². The monoisotopic (exact) mass is 279 g/mol. The third kappa shape index (κ3) is 5.04. The lowest BCUT2D eigenvalue weighted by atomic mass is 9.87. The summed E-state index contributed by atoms with van der Waals surface area (Å²) in [6.45, 7) is 9.95. The van der Waals surface area contributed by atoms with Gasteiger partial charge in [0, 0.05) is 6.04 Å². The summed E-state index contributed by atoms with van der Waals surface area (Å²) < 4.78 is 10.7. The summed E-state index contributed by atoms with van der Waals surface area (Å²) in [5, 5.41) is 3.56. The zero-order chi connectivity index (χ0) is 15.2. The van der Waals surface area contributed by atoms with E-state index in [0.717, 1.165) is 24.5 Å². The molecule has 3 heteroatoms. The molecular formula is C17H29NO2. The van der Waals surface area contributed by atoms with Gasteiger partial charge in [0.05, 0.1) is 14.2 Å². The van der Waals surface area contributed by atoms with Crippen molar-refractivity contribution in [3.05, 3.63) is 23.8 Å². The standard InChI is InChI=1S/C17H29NO2/c1-7-18-14(10-11-17(2,3)4)13-8-9-15(19-5)16(12-13)20-6/h8-9,12,14,18H,7,10-11H2,1-6H3. The van der Waals surface area contributed by atoms with E-state index in [1.807, 2.05) is 6.07 Å². The summed E-state index contributed by atoms with van der Waals surface area (Å²) in [5.74, 6) is 1.57. The van der Waals surface area contributed by atoms with Crippen molar-refractivity contribution >= 4 is 0 Å². The van der Waals surface area contributed by atoms with Crippen LogP contribution in [-0.2, 0) is 0 Å². The predicted octanol–water partition coefficient (Wildman–Crippen LogP) is 4.18. The second-order valence-corrected chi connectivity index (χ2v) is 6.32. The molecule has 0 radical (unpaired) electrons. The molecule has 114 valence electrons. The molecule has 0 fully saturated rings. The average molecular weight is 279 g/mol. The third-order valence-electron chi connectivity index (χ3n) is 3.44. The Labute approximate surface area is 123 Å². The minimum absolute atomic E-state index is 0.351. The highest BCUT2D eigenvalue weighted by Gasteiger charge is 2.17. The number of methoxy groups -OCH3 is 2. The van der Waals surface area contributed by atoms with Gasteiger partial charge in [0.1, 0.15) is 0 Å². The van der Waals surface area contributed by atoms with Gasteiger partial charge in [-0.25, -0.2) is 0 Å². The van der Waals surface area contributed by atoms with Gasteiger partial charge in [0.2, 0.25) is 0 Å². The van der Waals surface area contributed by atoms with Crippen LogP contribution in [0, 0.1) is 5.41 Å². The lowest BCUT2D eigenvalue weighted by Gasteiger charge is -2.24. The molecule has 0 spiro atoms. The zero-order valence-corrected chi connectivity index (χ0v) is 13.7. The lowest BCUT2D eigenvalue weighted by molar-refractivity contribution is 0.331. The van der Waals surface area contributed by atoms with Crippen LogP contribution in [0.25, 0.3) is 0 Å². The van der Waals surface area contributed by atoms with E-state index in [0.29, 0.717) is 11.5 Å². The highest BCUT2D eigenvalue weighted by molar-refractivity contribution is 5.43. The van der Waals surface area contributed by atoms with Crippen molar-refractivity contribution in [1.29, 1.82) is 0 Å². The van der Waals surface area contributed by atoms with Crippen LogP contribution in [0.1, 0.15) is 52.1 Å². The number of ether oxygens (including phenoxy) is 2. The SMILES string of the molecule is CCNC(CCC(C)(C)C)c1ccc(OC)c(OC)c1. The van der Waals surface area contributed by atoms with E-state index in [1.54, 1.807) is 14.2 Å². The summed E-state index contributed by atoms with van der Waals surface area (Å²) in [6, 6.07) is 6.54. The Morgan fingerprint density at radius 1 is 1.10 bits per heavy atom. The smallest absolute Gasteiger partial charge is 0.161 e. The summed E-state index contributed by atoms with van der Waals surface area (Å²) in [6.07, 6.45) is 2.30. The Morgan fingerprint density at radius 3 is 2.25 bits per heavy atom. The van der Waals surface area contributed by atoms with E-state index in [-0.39, 0.29) is 0 Å². The van der Waals surface area contributed by atoms with Gasteiger partial charge in [0.25, 0.3) is 0 Å². The van der Waals surface area contributed by atoms with Crippen LogP contribution < -0.4 is 14.8 Å². The van der Waals surface area contributed by atoms with Crippen molar-refractivity contribution in [2.24, 2.45) is 5.41 Å². The van der Waals surface area contributed by atoms with Gasteiger partial charge < -0.3 is 14.8 Å². The van der Waals surface area contributed by atoms with Gasteiger partial charge in [-0.05, 0) is 42.5 Å². The van der Waals surface area contributed by atoms with E-state index in [1.165, 1.54) is 12.0 Å². The maximum Gasteiger partial charge on any atom is 0.161 e. The van der Waals surface area contributed by atoms with Gasteiger partial charge in [0.15, 0.2) is 11.5 Å². The van der Waals surface area contributed by atoms with Crippen LogP contribution in [-0.4, -0.2) is 20.8 Å². The molecule has 0 saturated carbocycles. The molecule has 0 heterocycles. The summed E-state index contributed by atoms with van der Waals surface area (Å²) in [7, 11) is 3.35. The molecule has 0 aliphatic carbocycles. The van der Waals surface area contributed by atoms with E-state index in [2.05, 4.69) is 45.1 Å². The van der Waals surface area contributed by atoms with Crippen LogP contribution in [0.4, 0.5) is 0 Å². The van der Waals surface area contributed by atoms with Gasteiger partial charge in [-0.2, -0.15) is 0 Å². The fourth-order valence-electron chi connectivity index (χ4n) is 2.28. The van der Waals surface area contributed by atoms with Crippen LogP contribution in [0.15, 0.2) is 18.2 Å². The largest absolute Gasteiger partial charge is 0.493 e. The fourth-order valence-corrected chi connectivity index (χ4v) is 2.28. The number of hydrogen-bond donors (Lipinski definition) is 1. The van der Waals surface area contributed by atoms with Crippen molar-refractivity contribution < 1.29 is 9.47 Å². The van der Waals surface area contributed by atoms with Gasteiger partial charge in [-0.1, -0.05) is 33.8 Å². The van der Waals surface area contributed by atoms with E-state index in [4.69, 9.17) is 9.47 Å². The molecule has 1 unspecified atom stereocenters. The first-order valence-electron chi connectivity index (χ1n) is 7.36. The Bertz CT molecular complexity index is 410. The predicted molar refractivity (Wildman–Crippen MR) is 84.7 cm³/mol. The Morgan fingerprint density at radius 2 is 1.75 bits per heavy atom. The molecule has 1 atom stereocenters. The molecule has 0 saturated heterocycles. The lowest BCUT2D eigenvalue weighted by Crippen LogP contribution is -2.22. The maximum atomic E-state index is 5.40. The summed E-state index contributed by atoms with van der Waals surface area (Å²) in [5.41, 5.74) is 1.61. The van der Waals surface area contributed by atoms with Crippen LogP contribution in [0.2, 0.25) is 0 Å². The molecule has 20 heavy (non-hydrogen) atoms. The van der Waals surface area contributed by atoms with Crippen molar-refractivity contribution in [2.45, 2.75) is 46.6 Å². The minimum atomic E-state index is 0.351. The van der Waals surface area contributed by atoms with Crippen molar-refractivity contribution in [2.75, 3.05) is 20.8 Å². The number of benzene rings is 1. The second-order valence-electron chi connectivity index (χ2n) is 6.32. The zero-order valence-electron chi connectivity index (χ0n) is 13.7. The molecule has 3 nitrogen and oxygen atoms in total. The first-order valence-corrected chi connectivity index (χ1v) is 7.36. The molecule has 1 aromatic rings. The van der Waals surface area contributed by atoms with Gasteiger partial charge >= 0.3 is 0 Å². The molecule has 0 aromatic heterocycles. The van der Waals surface area contributed by atoms with Crippen LogP contribution in [0.3, 0.4) is 0 Å². The highest BCUT2D eigenvalue weighted by atomic mass is 16.5. The first-order chi connectivity index (χ1) is 9.41. The van der Waals surface area contributed by atoms with Gasteiger partial charge in [-0.3, -0.25) is 0 Å². The quantitative estimate of drug-likeness (QED) is 0.812. The van der Waals surface area contributed by atoms with Crippen LogP contribution in [0.5, 0.6) is 11.5 Å². The van der Waals surface area contributed by atoms with Crippen molar-refractivity contribution in [3.8, 4) is 11.5 Å². The van der Waals surface area contributed by atoms with E-state index >= 15 is 0 Å². The summed E-state index contributed by atoms with van der Waals surface area (Å²) in [4.78, 5) is 0. The fraction of sp³-hybridized carbons (Fsp3) is 0.647. The normalized spacial score (nSPS) is 13.1. The molecule has 1 N–H and O–H groups in total. The Hall–Kier alpha value is -1.22. The maximum absolute atomic E-state index is 5.40. The molecule has 0 aliphatic rings. The minimum Gasteiger partial charge on any atom is -0.493 e. The second kappa shape index (κ2) is 7.53. The molecule has 0 bridgehead atoms. The average Bonchev–Trinajstić information content (AvgIpc) is 2.41. The first kappa shape index (κ1) is 16.8. The van der Waals surface area contributed by atoms with Gasteiger partial charge in [-0.15, -0.1) is 0 Å².